The molecule has 1 fully saturated rings. The highest BCUT2D eigenvalue weighted by atomic mass is 16.6. The Bertz CT molecular complexity index is 891. The molecule has 1 aliphatic heterocycles. The molecule has 0 aromatic carbocycles. The third kappa shape index (κ3) is 3.76. The number of fused-ring (bicyclic) bond motifs is 1. The predicted molar refractivity (Wildman–Crippen MR) is 106 cm³/mol. The maximum atomic E-state index is 12.8. The van der Waals surface area contributed by atoms with Gasteiger partial charge in [-0.2, -0.15) is 4.98 Å². The molecule has 0 radical (unpaired) electrons. The number of Topliss-reactive ketones (excluding diaryl/α,β-unsaturated/α-hetero) is 1. The number of furan rings is 1. The molecule has 2 aliphatic rings. The molecule has 1 N–H and O–H groups in total. The first-order valence-corrected chi connectivity index (χ1v) is 9.92. The summed E-state index contributed by atoms with van der Waals surface area (Å²) in [6.07, 6.45) is 2.35. The molecule has 0 spiro atoms. The van der Waals surface area contributed by atoms with Gasteiger partial charge in [0.2, 0.25) is 5.95 Å². The van der Waals surface area contributed by atoms with Crippen molar-refractivity contribution in [3.63, 3.8) is 0 Å². The van der Waals surface area contributed by atoms with Crippen LogP contribution in [0.25, 0.3) is 0 Å². The fourth-order valence-electron chi connectivity index (χ4n) is 3.92. The fourth-order valence-corrected chi connectivity index (χ4v) is 3.92. The number of hydrogen-bond donors (Lipinski definition) is 1. The van der Waals surface area contributed by atoms with Gasteiger partial charge in [0.25, 0.3) is 0 Å². The van der Waals surface area contributed by atoms with E-state index >= 15 is 0 Å². The molecule has 0 saturated carbocycles. The molecule has 0 bridgehead atoms. The van der Waals surface area contributed by atoms with Gasteiger partial charge < -0.3 is 24.3 Å². The van der Waals surface area contributed by atoms with Crippen molar-refractivity contribution < 1.29 is 18.7 Å². The van der Waals surface area contributed by atoms with E-state index < -0.39 is 0 Å². The van der Waals surface area contributed by atoms with Crippen LogP contribution in [0.1, 0.15) is 41.1 Å². The van der Waals surface area contributed by atoms with Crippen molar-refractivity contribution in [1.29, 1.82) is 0 Å². The predicted octanol–water partition coefficient (Wildman–Crippen LogP) is 2.30. The smallest absolute Gasteiger partial charge is 0.409 e. The Morgan fingerprint density at radius 2 is 2.07 bits per heavy atom. The number of ketones is 1. The summed E-state index contributed by atoms with van der Waals surface area (Å²) in [4.78, 5) is 37.8. The zero-order valence-corrected chi connectivity index (χ0v) is 16.7. The van der Waals surface area contributed by atoms with Crippen LogP contribution in [0.4, 0.5) is 16.6 Å². The van der Waals surface area contributed by atoms with E-state index in [9.17, 15) is 9.59 Å². The molecule has 0 unspecified atom stereocenters. The highest BCUT2D eigenvalue weighted by Crippen LogP contribution is 2.35. The summed E-state index contributed by atoms with van der Waals surface area (Å²) >= 11 is 0. The first-order valence-electron chi connectivity index (χ1n) is 9.92. The number of rotatable bonds is 4. The van der Waals surface area contributed by atoms with E-state index in [0.29, 0.717) is 63.0 Å². The average molecular weight is 399 g/mol. The third-order valence-corrected chi connectivity index (χ3v) is 5.39. The lowest BCUT2D eigenvalue weighted by molar-refractivity contribution is 0.0958. The number of aromatic nitrogens is 2. The number of piperazine rings is 1. The zero-order valence-electron chi connectivity index (χ0n) is 16.7. The topological polar surface area (TPSA) is 101 Å². The van der Waals surface area contributed by atoms with Gasteiger partial charge in [0.05, 0.1) is 24.1 Å². The number of carbonyl (C=O) groups excluding carboxylic acids is 2. The van der Waals surface area contributed by atoms with Gasteiger partial charge in [0, 0.05) is 52.0 Å². The zero-order chi connectivity index (χ0) is 20.4. The number of hydrogen-bond acceptors (Lipinski definition) is 8. The maximum absolute atomic E-state index is 12.8. The van der Waals surface area contributed by atoms with Gasteiger partial charge in [-0.3, -0.25) is 4.79 Å². The van der Waals surface area contributed by atoms with E-state index in [2.05, 4.69) is 10.3 Å². The monoisotopic (exact) mass is 399 g/mol. The molecule has 9 nitrogen and oxygen atoms in total. The number of nitrogens with zero attached hydrogens (tertiary/aromatic N) is 4. The SMILES string of the molecule is CCOC(=O)N1CCN(c2nc3c(c(NC)n2)C(=O)C[C@H](c2ccco2)C3)CC1. The van der Waals surface area contributed by atoms with Crippen LogP contribution in [0.2, 0.25) is 0 Å². The second-order valence-corrected chi connectivity index (χ2v) is 7.16. The van der Waals surface area contributed by atoms with Crippen molar-refractivity contribution in [3.05, 3.63) is 35.4 Å². The van der Waals surface area contributed by atoms with Crippen molar-refractivity contribution in [2.75, 3.05) is 50.1 Å². The first-order chi connectivity index (χ1) is 14.1. The number of carbonyl (C=O) groups is 2. The molecule has 29 heavy (non-hydrogen) atoms. The molecule has 1 aliphatic carbocycles. The lowest BCUT2D eigenvalue weighted by Crippen LogP contribution is -2.49. The Hall–Kier alpha value is -3.10. The van der Waals surface area contributed by atoms with E-state index in [1.54, 1.807) is 25.1 Å². The van der Waals surface area contributed by atoms with Gasteiger partial charge in [-0.05, 0) is 19.1 Å². The van der Waals surface area contributed by atoms with Gasteiger partial charge in [-0.15, -0.1) is 0 Å². The van der Waals surface area contributed by atoms with Crippen LogP contribution in [0.15, 0.2) is 22.8 Å². The Morgan fingerprint density at radius 3 is 2.72 bits per heavy atom. The van der Waals surface area contributed by atoms with Crippen molar-refractivity contribution in [3.8, 4) is 0 Å². The van der Waals surface area contributed by atoms with E-state index in [1.165, 1.54) is 0 Å². The van der Waals surface area contributed by atoms with Gasteiger partial charge in [0.15, 0.2) is 5.78 Å². The fraction of sp³-hybridized carbons (Fsp3) is 0.500. The Morgan fingerprint density at radius 1 is 1.28 bits per heavy atom. The molecule has 2 aromatic heterocycles. The van der Waals surface area contributed by atoms with Crippen LogP contribution >= 0.6 is 0 Å². The van der Waals surface area contributed by atoms with Crippen molar-refractivity contribution in [1.82, 2.24) is 14.9 Å². The highest BCUT2D eigenvalue weighted by molar-refractivity contribution is 6.03. The Labute approximate surface area is 169 Å². The van der Waals surface area contributed by atoms with E-state index in [0.717, 1.165) is 11.5 Å². The molecule has 154 valence electrons. The van der Waals surface area contributed by atoms with E-state index in [4.69, 9.17) is 14.1 Å². The second kappa shape index (κ2) is 8.10. The standard InChI is InChI=1S/C20H25N5O4/c1-3-28-20(27)25-8-6-24(7-9-25)19-22-14-11-13(16-5-4-10-29-16)12-15(26)17(14)18(21-2)23-19/h4-5,10,13H,3,6-9,11-12H2,1-2H3,(H,21,22,23)/t13-/m1/s1. The van der Waals surface area contributed by atoms with Gasteiger partial charge in [-0.1, -0.05) is 0 Å². The summed E-state index contributed by atoms with van der Waals surface area (Å²) in [5.41, 5.74) is 1.31. The molecule has 1 amide bonds. The van der Waals surface area contributed by atoms with Crippen LogP contribution in [0.3, 0.4) is 0 Å². The van der Waals surface area contributed by atoms with Gasteiger partial charge in [-0.25, -0.2) is 9.78 Å². The molecular formula is C20H25N5O4. The summed E-state index contributed by atoms with van der Waals surface area (Å²) in [6, 6.07) is 3.74. The van der Waals surface area contributed by atoms with Crippen LogP contribution in [0, 0.1) is 0 Å². The van der Waals surface area contributed by atoms with Crippen LogP contribution in [-0.2, 0) is 11.2 Å². The number of nitrogens with one attached hydrogen (secondary N) is 1. The van der Waals surface area contributed by atoms with Gasteiger partial charge >= 0.3 is 6.09 Å². The van der Waals surface area contributed by atoms with Gasteiger partial charge in [0.1, 0.15) is 11.6 Å². The summed E-state index contributed by atoms with van der Waals surface area (Å²) in [5, 5.41) is 3.05. The summed E-state index contributed by atoms with van der Waals surface area (Å²) in [5.74, 6) is 1.94. The molecule has 3 heterocycles. The van der Waals surface area contributed by atoms with Crippen LogP contribution in [-0.4, -0.2) is 66.6 Å². The first kappa shape index (κ1) is 19.2. The molecule has 1 atom stereocenters. The molecule has 9 heteroatoms. The summed E-state index contributed by atoms with van der Waals surface area (Å²) in [7, 11) is 1.76. The number of anilines is 2. The molecular weight excluding hydrogens is 374 g/mol. The molecule has 4 rings (SSSR count). The number of ether oxygens (including phenoxy) is 1. The largest absolute Gasteiger partial charge is 0.469 e. The minimum atomic E-state index is -0.290. The highest BCUT2D eigenvalue weighted by Gasteiger charge is 2.33. The Balaban J connectivity index is 1.56. The van der Waals surface area contributed by atoms with Crippen LogP contribution < -0.4 is 10.2 Å². The molecule has 1 saturated heterocycles. The summed E-state index contributed by atoms with van der Waals surface area (Å²) in [6.45, 7) is 4.46. The minimum absolute atomic E-state index is 0.0156. The van der Waals surface area contributed by atoms with Crippen LogP contribution in [0.5, 0.6) is 0 Å². The molecule has 2 aromatic rings. The van der Waals surface area contributed by atoms with Crippen molar-refractivity contribution >= 4 is 23.6 Å². The Kier molecular flexibility index (Phi) is 5.37. The summed E-state index contributed by atoms with van der Waals surface area (Å²) < 4.78 is 10.6. The average Bonchev–Trinajstić information content (AvgIpc) is 3.28. The normalized spacial score (nSPS) is 19.1. The third-order valence-electron chi connectivity index (χ3n) is 5.39. The van der Waals surface area contributed by atoms with Crippen molar-refractivity contribution in [2.24, 2.45) is 0 Å². The quantitative estimate of drug-likeness (QED) is 0.836. The van der Waals surface area contributed by atoms with E-state index in [1.807, 2.05) is 17.0 Å². The van der Waals surface area contributed by atoms with E-state index in [-0.39, 0.29) is 17.8 Å². The maximum Gasteiger partial charge on any atom is 0.409 e. The number of amides is 1. The second-order valence-electron chi connectivity index (χ2n) is 7.16. The van der Waals surface area contributed by atoms with Crippen molar-refractivity contribution in [2.45, 2.75) is 25.7 Å². The lowest BCUT2D eigenvalue weighted by atomic mass is 9.84. The lowest BCUT2D eigenvalue weighted by Gasteiger charge is -2.34. The minimum Gasteiger partial charge on any atom is -0.469 e.